The number of carbonyl (C=O) groups is 2. The summed E-state index contributed by atoms with van der Waals surface area (Å²) >= 11 is 12.1. The van der Waals surface area contributed by atoms with Gasteiger partial charge in [-0.15, -0.1) is 0 Å². The fourth-order valence-electron chi connectivity index (χ4n) is 3.43. The van der Waals surface area contributed by atoms with Crippen molar-refractivity contribution in [3.8, 4) is 5.75 Å². The Hall–Kier alpha value is -2.54. The molecule has 0 aliphatic carbocycles. The average molecular weight is 464 g/mol. The molecule has 0 radical (unpaired) electrons. The van der Waals surface area contributed by atoms with Crippen molar-refractivity contribution in [3.63, 3.8) is 0 Å². The zero-order valence-corrected chi connectivity index (χ0v) is 18.9. The molecular weight excluding hydrogens is 441 g/mol. The number of Topliss-reactive ketones (excluding diaryl/α,β-unsaturated/α-hetero) is 1. The molecule has 1 fully saturated rings. The second-order valence-corrected chi connectivity index (χ2v) is 8.13. The van der Waals surface area contributed by atoms with Crippen LogP contribution in [0.5, 0.6) is 5.75 Å². The van der Waals surface area contributed by atoms with Gasteiger partial charge in [-0.05, 0) is 49.7 Å². The molecule has 1 aliphatic rings. The van der Waals surface area contributed by atoms with Crippen LogP contribution >= 0.6 is 23.2 Å². The van der Waals surface area contributed by atoms with Crippen molar-refractivity contribution in [1.29, 1.82) is 0 Å². The fourth-order valence-corrected chi connectivity index (χ4v) is 3.73. The van der Waals surface area contributed by atoms with E-state index >= 15 is 0 Å². The lowest BCUT2D eigenvalue weighted by Crippen LogP contribution is -2.33. The number of likely N-dealkylation sites (tertiary alicyclic amines) is 1. The molecule has 31 heavy (non-hydrogen) atoms. The SMILES string of the molecule is COc1ccc(C2/C(=C(/O)c3ccc(Cl)c(Cl)c3)C(=O)C(=O)N2CCOC(C)C)cc1. The first kappa shape index (κ1) is 23.1. The fraction of sp³-hybridized carbons (Fsp3) is 0.304. The molecule has 0 spiro atoms. The van der Waals surface area contributed by atoms with E-state index in [4.69, 9.17) is 32.7 Å². The van der Waals surface area contributed by atoms with E-state index < -0.39 is 17.7 Å². The highest BCUT2D eigenvalue weighted by atomic mass is 35.5. The lowest BCUT2D eigenvalue weighted by molar-refractivity contribution is -0.140. The number of rotatable bonds is 7. The van der Waals surface area contributed by atoms with Crippen molar-refractivity contribution in [2.24, 2.45) is 0 Å². The quantitative estimate of drug-likeness (QED) is 0.360. The Kier molecular flexibility index (Phi) is 7.26. The summed E-state index contributed by atoms with van der Waals surface area (Å²) in [5.74, 6) is -1.15. The van der Waals surface area contributed by atoms with Gasteiger partial charge in [0.25, 0.3) is 11.7 Å². The Balaban J connectivity index is 2.10. The van der Waals surface area contributed by atoms with Crippen molar-refractivity contribution in [1.82, 2.24) is 4.90 Å². The van der Waals surface area contributed by atoms with Crippen LogP contribution in [0, 0.1) is 0 Å². The van der Waals surface area contributed by atoms with Crippen LogP contribution in [0.2, 0.25) is 10.0 Å². The first-order chi connectivity index (χ1) is 14.7. The number of methoxy groups -OCH3 is 1. The van der Waals surface area contributed by atoms with Gasteiger partial charge in [0.05, 0.1) is 41.5 Å². The highest BCUT2D eigenvalue weighted by Crippen LogP contribution is 2.40. The van der Waals surface area contributed by atoms with E-state index in [-0.39, 0.29) is 35.6 Å². The third-order valence-corrected chi connectivity index (χ3v) is 5.69. The number of ketones is 1. The number of aliphatic hydroxyl groups excluding tert-OH is 1. The van der Waals surface area contributed by atoms with E-state index in [1.165, 1.54) is 17.0 Å². The molecule has 0 aromatic heterocycles. The molecule has 1 atom stereocenters. The van der Waals surface area contributed by atoms with Crippen molar-refractivity contribution in [2.45, 2.75) is 26.0 Å². The molecule has 8 heteroatoms. The van der Waals surface area contributed by atoms with E-state index in [9.17, 15) is 14.7 Å². The summed E-state index contributed by atoms with van der Waals surface area (Å²) in [5.41, 5.74) is 0.939. The Labute approximate surface area is 191 Å². The minimum atomic E-state index is -0.781. The molecule has 2 aromatic rings. The van der Waals surface area contributed by atoms with E-state index in [2.05, 4.69) is 0 Å². The van der Waals surface area contributed by atoms with Crippen molar-refractivity contribution >= 4 is 40.7 Å². The molecular formula is C23H23Cl2NO5. The maximum absolute atomic E-state index is 13.0. The predicted molar refractivity (Wildman–Crippen MR) is 120 cm³/mol. The molecule has 1 aliphatic heterocycles. The van der Waals surface area contributed by atoms with Gasteiger partial charge in [-0.2, -0.15) is 0 Å². The van der Waals surface area contributed by atoms with Crippen LogP contribution in [0.1, 0.15) is 31.0 Å². The van der Waals surface area contributed by atoms with Crippen molar-refractivity contribution < 1.29 is 24.2 Å². The summed E-state index contributed by atoms with van der Waals surface area (Å²) in [4.78, 5) is 27.2. The molecule has 1 amide bonds. The Morgan fingerprint density at radius 3 is 2.35 bits per heavy atom. The highest BCUT2D eigenvalue weighted by Gasteiger charge is 2.45. The number of carbonyl (C=O) groups excluding carboxylic acids is 2. The molecule has 1 unspecified atom stereocenters. The molecule has 3 rings (SSSR count). The summed E-state index contributed by atoms with van der Waals surface area (Å²) in [6, 6.07) is 10.7. The Morgan fingerprint density at radius 2 is 1.77 bits per heavy atom. The monoisotopic (exact) mass is 463 g/mol. The molecule has 1 N–H and O–H groups in total. The summed E-state index contributed by atoms with van der Waals surface area (Å²) in [6.45, 7) is 4.22. The van der Waals surface area contributed by atoms with Gasteiger partial charge in [0, 0.05) is 12.1 Å². The lowest BCUT2D eigenvalue weighted by Gasteiger charge is -2.25. The summed E-state index contributed by atoms with van der Waals surface area (Å²) in [6.07, 6.45) is -0.0209. The number of hydrogen-bond acceptors (Lipinski definition) is 5. The maximum Gasteiger partial charge on any atom is 0.295 e. The molecule has 2 aromatic carbocycles. The zero-order valence-electron chi connectivity index (χ0n) is 17.4. The number of benzene rings is 2. The van der Waals surface area contributed by atoms with Crippen LogP contribution in [0.25, 0.3) is 5.76 Å². The van der Waals surface area contributed by atoms with Gasteiger partial charge < -0.3 is 19.5 Å². The lowest BCUT2D eigenvalue weighted by atomic mass is 9.95. The van der Waals surface area contributed by atoms with Gasteiger partial charge in [0.15, 0.2) is 0 Å². The van der Waals surface area contributed by atoms with E-state index in [1.807, 2.05) is 13.8 Å². The Morgan fingerprint density at radius 1 is 1.10 bits per heavy atom. The smallest absolute Gasteiger partial charge is 0.295 e. The molecule has 6 nitrogen and oxygen atoms in total. The van der Waals surface area contributed by atoms with Crippen LogP contribution < -0.4 is 4.74 Å². The van der Waals surface area contributed by atoms with Gasteiger partial charge in [-0.25, -0.2) is 0 Å². The molecule has 1 saturated heterocycles. The van der Waals surface area contributed by atoms with E-state index in [0.717, 1.165) is 0 Å². The van der Waals surface area contributed by atoms with Crippen LogP contribution in [0.4, 0.5) is 0 Å². The summed E-state index contributed by atoms with van der Waals surface area (Å²) in [5, 5.41) is 11.6. The number of halogens is 2. The number of ether oxygens (including phenoxy) is 2. The third kappa shape index (κ3) is 4.87. The van der Waals surface area contributed by atoms with E-state index in [0.29, 0.717) is 21.9 Å². The average Bonchev–Trinajstić information content (AvgIpc) is 3.00. The summed E-state index contributed by atoms with van der Waals surface area (Å²) in [7, 11) is 1.55. The second kappa shape index (κ2) is 9.73. The van der Waals surface area contributed by atoms with Crippen LogP contribution in [0.3, 0.4) is 0 Å². The maximum atomic E-state index is 13.0. The van der Waals surface area contributed by atoms with Gasteiger partial charge >= 0.3 is 0 Å². The normalized spacial score (nSPS) is 18.1. The highest BCUT2D eigenvalue weighted by molar-refractivity contribution is 6.46. The first-order valence-corrected chi connectivity index (χ1v) is 10.5. The number of aliphatic hydroxyl groups is 1. The number of hydrogen-bond donors (Lipinski definition) is 1. The molecule has 1 heterocycles. The third-order valence-electron chi connectivity index (χ3n) is 4.95. The standard InChI is InChI=1S/C23H23Cl2NO5/c1-13(2)31-11-10-26-20(14-4-7-16(30-3)8-5-14)19(22(28)23(26)29)21(27)15-6-9-17(24)18(25)12-15/h4-9,12-13,20,27H,10-11H2,1-3H3/b21-19-. The summed E-state index contributed by atoms with van der Waals surface area (Å²) < 4.78 is 10.8. The topological polar surface area (TPSA) is 76.1 Å². The van der Waals surface area contributed by atoms with Gasteiger partial charge in [-0.1, -0.05) is 35.3 Å². The minimum absolute atomic E-state index is 0.0156. The van der Waals surface area contributed by atoms with Crippen LogP contribution in [-0.2, 0) is 14.3 Å². The van der Waals surface area contributed by atoms with E-state index in [1.54, 1.807) is 37.4 Å². The van der Waals surface area contributed by atoms with Gasteiger partial charge in [0.1, 0.15) is 11.5 Å². The van der Waals surface area contributed by atoms with Crippen molar-refractivity contribution in [2.75, 3.05) is 20.3 Å². The molecule has 0 bridgehead atoms. The first-order valence-electron chi connectivity index (χ1n) is 9.74. The predicted octanol–water partition coefficient (Wildman–Crippen LogP) is 4.85. The van der Waals surface area contributed by atoms with Crippen LogP contribution in [0.15, 0.2) is 48.0 Å². The molecule has 164 valence electrons. The largest absolute Gasteiger partial charge is 0.507 e. The molecule has 0 saturated carbocycles. The second-order valence-electron chi connectivity index (χ2n) is 7.31. The number of amides is 1. The number of nitrogens with zero attached hydrogens (tertiary/aromatic N) is 1. The Bertz CT molecular complexity index is 1020. The zero-order chi connectivity index (χ0) is 22.7. The van der Waals surface area contributed by atoms with Gasteiger partial charge in [-0.3, -0.25) is 9.59 Å². The van der Waals surface area contributed by atoms with Gasteiger partial charge in [0.2, 0.25) is 0 Å². The van der Waals surface area contributed by atoms with Crippen LogP contribution in [-0.4, -0.2) is 48.1 Å². The minimum Gasteiger partial charge on any atom is -0.507 e. The van der Waals surface area contributed by atoms with Crippen molar-refractivity contribution in [3.05, 3.63) is 69.2 Å².